The summed E-state index contributed by atoms with van der Waals surface area (Å²) in [6.45, 7) is 2.90. The predicted octanol–water partition coefficient (Wildman–Crippen LogP) is 12.0. The fraction of sp³-hybridized carbons (Fsp3) is 0.178. The van der Waals surface area contributed by atoms with Crippen LogP contribution in [0.3, 0.4) is 0 Å². The number of carbonyl (C=O) groups excluding carboxylic acids is 2. The lowest BCUT2D eigenvalue weighted by molar-refractivity contribution is -0.138. The molecule has 318 valence electrons. The lowest BCUT2D eigenvalue weighted by Crippen LogP contribution is -2.10. The summed E-state index contributed by atoms with van der Waals surface area (Å²) in [4.78, 5) is 34.7. The van der Waals surface area contributed by atoms with Gasteiger partial charge in [-0.15, -0.1) is 0 Å². The lowest BCUT2D eigenvalue weighted by Gasteiger charge is -2.18. The lowest BCUT2D eigenvalue weighted by atomic mass is 10.0. The minimum Gasteiger partial charge on any atom is -0.488 e. The molecule has 0 radical (unpaired) electrons. The molecule has 0 atom stereocenters. The molecule has 6 aromatic rings. The van der Waals surface area contributed by atoms with Crippen LogP contribution in [0.5, 0.6) is 11.5 Å². The quantitative estimate of drug-likeness (QED) is 0.0918. The van der Waals surface area contributed by atoms with Crippen molar-refractivity contribution in [2.24, 2.45) is 0 Å². The molecule has 1 N–H and O–H groups in total. The predicted molar refractivity (Wildman–Crippen MR) is 205 cm³/mol. The van der Waals surface area contributed by atoms with Gasteiger partial charge >= 0.3 is 18.3 Å². The number of ketones is 2. The van der Waals surface area contributed by atoms with Crippen molar-refractivity contribution in [2.75, 3.05) is 0 Å². The molecule has 61 heavy (non-hydrogen) atoms. The van der Waals surface area contributed by atoms with Gasteiger partial charge in [-0.25, -0.2) is 18.0 Å². The Balaban J connectivity index is 0.000000242. The summed E-state index contributed by atoms with van der Waals surface area (Å²) in [5.41, 5.74) is -0.284. The molecule has 0 amide bonds. The number of hydrogen-bond acceptors (Lipinski definition) is 5. The van der Waals surface area contributed by atoms with Crippen LogP contribution in [0.1, 0.15) is 68.4 Å². The van der Waals surface area contributed by atoms with Crippen LogP contribution in [0, 0.1) is 24.4 Å². The van der Waals surface area contributed by atoms with Crippen molar-refractivity contribution in [1.82, 2.24) is 4.57 Å². The molecular formula is C45H34F9NO6. The number of carboxylic acids is 1. The zero-order valence-corrected chi connectivity index (χ0v) is 32.1. The van der Waals surface area contributed by atoms with Gasteiger partial charge in [0, 0.05) is 29.8 Å². The third-order valence-electron chi connectivity index (χ3n) is 9.02. The third-order valence-corrected chi connectivity index (χ3v) is 9.02. The highest BCUT2D eigenvalue weighted by molar-refractivity contribution is 6.00. The van der Waals surface area contributed by atoms with Gasteiger partial charge in [-0.05, 0) is 116 Å². The standard InChI is InChI=1S/C26H18F5NO3.C19H16F4O3/c1-15-2-10-23(32(15)19-8-9-22(28)20(13-19)25(33)34)21-12-17(26(29,30)31)5-11-24(21)35-14-16-3-6-18(27)7-4-16;1-12(24)2-8-17(25)16-10-14(19(21,22)23)5-9-18(16)26-11-13-3-6-15(20)7-4-13/h2-13H,14H2,1H3,(H,33,34);3-7,9-10H,2,8,11H2,1H3. The number of hydrogen-bond donors (Lipinski definition) is 1. The highest BCUT2D eigenvalue weighted by Gasteiger charge is 2.33. The molecular weight excluding hydrogens is 821 g/mol. The number of aromatic nitrogens is 1. The molecule has 0 aliphatic rings. The summed E-state index contributed by atoms with van der Waals surface area (Å²) in [6.07, 6.45) is -9.50. The molecule has 0 bridgehead atoms. The van der Waals surface area contributed by atoms with E-state index >= 15 is 0 Å². The zero-order valence-electron chi connectivity index (χ0n) is 32.1. The maximum Gasteiger partial charge on any atom is 0.416 e. The number of Topliss-reactive ketones (excluding diaryl/α,β-unsaturated/α-hetero) is 2. The molecule has 7 nitrogen and oxygen atoms in total. The smallest absolute Gasteiger partial charge is 0.416 e. The van der Waals surface area contributed by atoms with Crippen molar-refractivity contribution >= 4 is 17.5 Å². The largest absolute Gasteiger partial charge is 0.488 e. The molecule has 0 aliphatic carbocycles. The van der Waals surface area contributed by atoms with Gasteiger partial charge in [0.1, 0.15) is 47.9 Å². The Morgan fingerprint density at radius 1 is 0.607 bits per heavy atom. The van der Waals surface area contributed by atoms with Crippen LogP contribution in [0.2, 0.25) is 0 Å². The highest BCUT2D eigenvalue weighted by Crippen LogP contribution is 2.40. The van der Waals surface area contributed by atoms with E-state index in [0.717, 1.165) is 42.5 Å². The van der Waals surface area contributed by atoms with Crippen molar-refractivity contribution in [3.63, 3.8) is 0 Å². The fourth-order valence-electron chi connectivity index (χ4n) is 5.90. The molecule has 0 spiro atoms. The van der Waals surface area contributed by atoms with Crippen LogP contribution < -0.4 is 9.47 Å². The first-order chi connectivity index (χ1) is 28.7. The Labute approximate surface area is 342 Å². The van der Waals surface area contributed by atoms with E-state index in [9.17, 15) is 59.0 Å². The first-order valence-corrected chi connectivity index (χ1v) is 18.1. The molecule has 6 rings (SSSR count). The van der Waals surface area contributed by atoms with Crippen LogP contribution in [0.4, 0.5) is 39.5 Å². The number of alkyl halides is 6. The molecule has 1 heterocycles. The first kappa shape index (κ1) is 45.2. The van der Waals surface area contributed by atoms with Crippen LogP contribution >= 0.6 is 0 Å². The molecule has 0 saturated carbocycles. The van der Waals surface area contributed by atoms with E-state index in [2.05, 4.69) is 0 Å². The Kier molecular flexibility index (Phi) is 14.1. The minimum atomic E-state index is -4.62. The van der Waals surface area contributed by atoms with Gasteiger partial charge in [-0.3, -0.25) is 4.79 Å². The second-order valence-corrected chi connectivity index (χ2v) is 13.5. The number of carboxylic acid groups (broad SMARTS) is 1. The van der Waals surface area contributed by atoms with Crippen molar-refractivity contribution in [2.45, 2.75) is 52.3 Å². The Bertz CT molecular complexity index is 2530. The van der Waals surface area contributed by atoms with E-state index in [0.29, 0.717) is 16.8 Å². The first-order valence-electron chi connectivity index (χ1n) is 18.1. The van der Waals surface area contributed by atoms with Gasteiger partial charge in [0.15, 0.2) is 5.78 Å². The third kappa shape index (κ3) is 11.9. The van der Waals surface area contributed by atoms with Gasteiger partial charge in [0.25, 0.3) is 0 Å². The molecule has 0 unspecified atom stereocenters. The number of ether oxygens (including phenoxy) is 2. The number of nitrogens with zero attached hydrogens (tertiary/aromatic N) is 1. The van der Waals surface area contributed by atoms with Gasteiger partial charge in [-0.2, -0.15) is 26.3 Å². The van der Waals surface area contributed by atoms with Gasteiger partial charge in [0.2, 0.25) is 0 Å². The topological polar surface area (TPSA) is 94.8 Å². The van der Waals surface area contributed by atoms with E-state index in [4.69, 9.17) is 9.47 Å². The molecule has 0 saturated heterocycles. The fourth-order valence-corrected chi connectivity index (χ4v) is 5.90. The maximum atomic E-state index is 14.0. The monoisotopic (exact) mass is 855 g/mol. The Hall–Kier alpha value is -6.84. The normalized spacial score (nSPS) is 11.4. The Morgan fingerprint density at radius 2 is 1.13 bits per heavy atom. The second-order valence-electron chi connectivity index (χ2n) is 13.5. The Morgan fingerprint density at radius 3 is 1.66 bits per heavy atom. The average Bonchev–Trinajstić information content (AvgIpc) is 3.59. The number of benzene rings is 5. The average molecular weight is 856 g/mol. The number of halogens is 9. The molecule has 16 heteroatoms. The number of aromatic carboxylic acids is 1. The van der Waals surface area contributed by atoms with Gasteiger partial charge in [0.05, 0.1) is 27.9 Å². The number of rotatable bonds is 13. The van der Waals surface area contributed by atoms with Crippen molar-refractivity contribution in [3.8, 4) is 28.4 Å². The SMILES string of the molecule is CC(=O)CCC(=O)c1cc(C(F)(F)F)ccc1OCc1ccc(F)cc1.Cc1ccc(-c2cc(C(F)(F)F)ccc2OCc2ccc(F)cc2)n1-c1ccc(F)c(C(=O)O)c1. The minimum absolute atomic E-state index is 0.0177. The molecule has 0 fully saturated rings. The summed E-state index contributed by atoms with van der Waals surface area (Å²) >= 11 is 0. The van der Waals surface area contributed by atoms with Gasteiger partial charge < -0.3 is 23.9 Å². The molecule has 5 aromatic carbocycles. The zero-order chi connectivity index (χ0) is 44.6. The van der Waals surface area contributed by atoms with Gasteiger partial charge in [-0.1, -0.05) is 24.3 Å². The van der Waals surface area contributed by atoms with E-state index in [1.165, 1.54) is 72.2 Å². The van der Waals surface area contributed by atoms with Crippen LogP contribution in [-0.4, -0.2) is 27.2 Å². The number of carbonyl (C=O) groups is 3. The molecule has 0 aliphatic heterocycles. The molecule has 1 aromatic heterocycles. The van der Waals surface area contributed by atoms with E-state index in [-0.39, 0.29) is 65.8 Å². The summed E-state index contributed by atoms with van der Waals surface area (Å²) in [5, 5.41) is 9.29. The number of aryl methyl sites for hydroxylation is 1. The van der Waals surface area contributed by atoms with Crippen molar-refractivity contribution in [3.05, 3.63) is 172 Å². The summed E-state index contributed by atoms with van der Waals surface area (Å²) in [7, 11) is 0. The van der Waals surface area contributed by atoms with E-state index in [1.807, 2.05) is 0 Å². The van der Waals surface area contributed by atoms with Crippen molar-refractivity contribution in [1.29, 1.82) is 0 Å². The summed E-state index contributed by atoms with van der Waals surface area (Å²) in [6, 6.07) is 23.2. The van der Waals surface area contributed by atoms with E-state index in [1.54, 1.807) is 19.1 Å². The second kappa shape index (κ2) is 19.0. The van der Waals surface area contributed by atoms with Crippen LogP contribution in [-0.2, 0) is 30.4 Å². The van der Waals surface area contributed by atoms with Crippen molar-refractivity contribution < 1.29 is 68.5 Å². The highest BCUT2D eigenvalue weighted by atomic mass is 19.4. The maximum absolute atomic E-state index is 14.0. The summed E-state index contributed by atoms with van der Waals surface area (Å²) in [5.74, 6) is -4.01. The van der Waals surface area contributed by atoms with Crippen LogP contribution in [0.25, 0.3) is 16.9 Å². The van der Waals surface area contributed by atoms with E-state index < -0.39 is 58.2 Å². The van der Waals surface area contributed by atoms with Crippen LogP contribution in [0.15, 0.2) is 115 Å². The summed E-state index contributed by atoms with van der Waals surface area (Å²) < 4.78 is 132.